The summed E-state index contributed by atoms with van der Waals surface area (Å²) in [5.74, 6) is -1.38. The van der Waals surface area contributed by atoms with Crippen molar-refractivity contribution in [2.24, 2.45) is 5.92 Å². The van der Waals surface area contributed by atoms with E-state index in [1.54, 1.807) is 0 Å². The van der Waals surface area contributed by atoms with Crippen LogP contribution in [-0.4, -0.2) is 30.6 Å². The molecule has 7 heteroatoms. The highest BCUT2D eigenvalue weighted by Gasteiger charge is 2.20. The number of rotatable bonds is 6. The molecule has 0 saturated heterocycles. The molecule has 6 nitrogen and oxygen atoms in total. The van der Waals surface area contributed by atoms with Crippen LogP contribution in [0.25, 0.3) is 0 Å². The highest BCUT2D eigenvalue weighted by atomic mass is 19.1. The van der Waals surface area contributed by atoms with Crippen molar-refractivity contribution in [3.8, 4) is 0 Å². The van der Waals surface area contributed by atoms with Crippen LogP contribution in [-0.2, 0) is 4.74 Å². The number of nitro groups is 1. The minimum atomic E-state index is -1.03. The molecule has 1 aromatic carbocycles. The minimum absolute atomic E-state index is 0.0369. The van der Waals surface area contributed by atoms with Crippen molar-refractivity contribution in [3.63, 3.8) is 0 Å². The summed E-state index contributed by atoms with van der Waals surface area (Å²) < 4.78 is 18.5. The van der Waals surface area contributed by atoms with Crippen LogP contribution in [0.5, 0.6) is 0 Å². The van der Waals surface area contributed by atoms with E-state index >= 15 is 0 Å². The fourth-order valence-corrected chi connectivity index (χ4v) is 1.63. The van der Waals surface area contributed by atoms with Crippen molar-refractivity contribution >= 4 is 11.6 Å². The summed E-state index contributed by atoms with van der Waals surface area (Å²) in [6, 6.07) is 2.84. The van der Waals surface area contributed by atoms with E-state index < -0.39 is 22.3 Å². The molecule has 0 spiro atoms. The van der Waals surface area contributed by atoms with E-state index in [2.05, 4.69) is 5.32 Å². The third-order valence-electron chi connectivity index (χ3n) is 2.87. The third kappa shape index (κ3) is 3.99. The summed E-state index contributed by atoms with van der Waals surface area (Å²) >= 11 is 0. The molecule has 0 saturated carbocycles. The molecule has 1 amide bonds. The van der Waals surface area contributed by atoms with Gasteiger partial charge in [0.1, 0.15) is 0 Å². The third-order valence-corrected chi connectivity index (χ3v) is 2.87. The number of halogens is 1. The first-order valence-electron chi connectivity index (χ1n) is 6.10. The molecule has 0 fully saturated rings. The number of hydrogen-bond donors (Lipinski definition) is 1. The Bertz CT molecular complexity index is 505. The molecule has 1 aromatic rings. The van der Waals surface area contributed by atoms with Gasteiger partial charge >= 0.3 is 5.69 Å². The van der Waals surface area contributed by atoms with Crippen molar-refractivity contribution in [1.82, 2.24) is 5.32 Å². The van der Waals surface area contributed by atoms with Crippen LogP contribution in [0, 0.1) is 21.8 Å². The highest BCUT2D eigenvalue weighted by molar-refractivity contribution is 5.94. The quantitative estimate of drug-likeness (QED) is 0.641. The topological polar surface area (TPSA) is 81.5 Å². The number of hydrogen-bond acceptors (Lipinski definition) is 4. The molecule has 1 unspecified atom stereocenters. The van der Waals surface area contributed by atoms with Gasteiger partial charge in [0.25, 0.3) is 5.91 Å². The first-order valence-corrected chi connectivity index (χ1v) is 6.10. The molecule has 0 heterocycles. The fraction of sp³-hybridized carbons (Fsp3) is 0.462. The molecule has 0 aromatic heterocycles. The van der Waals surface area contributed by atoms with Crippen LogP contribution in [0.4, 0.5) is 10.1 Å². The lowest BCUT2D eigenvalue weighted by molar-refractivity contribution is -0.387. The highest BCUT2D eigenvalue weighted by Crippen LogP contribution is 2.18. The van der Waals surface area contributed by atoms with Gasteiger partial charge in [0.05, 0.1) is 17.6 Å². The number of methoxy groups -OCH3 is 1. The predicted octanol–water partition coefficient (Wildman–Crippen LogP) is 2.13. The van der Waals surface area contributed by atoms with E-state index in [1.165, 1.54) is 13.2 Å². The van der Waals surface area contributed by atoms with Crippen molar-refractivity contribution < 1.29 is 18.8 Å². The molecule has 0 aliphatic carbocycles. The van der Waals surface area contributed by atoms with Gasteiger partial charge in [-0.2, -0.15) is 4.39 Å². The van der Waals surface area contributed by atoms with E-state index in [-0.39, 0.29) is 17.5 Å². The Labute approximate surface area is 116 Å². The van der Waals surface area contributed by atoms with Gasteiger partial charge in [0, 0.05) is 18.7 Å². The number of nitrogens with zero attached hydrogens (tertiary/aromatic N) is 1. The Morgan fingerprint density at radius 1 is 1.50 bits per heavy atom. The van der Waals surface area contributed by atoms with E-state index in [1.807, 2.05) is 13.8 Å². The van der Waals surface area contributed by atoms with Crippen molar-refractivity contribution in [3.05, 3.63) is 39.7 Å². The maximum Gasteiger partial charge on any atom is 0.304 e. The van der Waals surface area contributed by atoms with E-state index in [4.69, 9.17) is 4.74 Å². The Morgan fingerprint density at radius 2 is 2.15 bits per heavy atom. The molecule has 1 N–H and O–H groups in total. The molecule has 20 heavy (non-hydrogen) atoms. The second-order valence-electron chi connectivity index (χ2n) is 4.70. The number of amides is 1. The number of carbonyl (C=O) groups is 1. The zero-order valence-electron chi connectivity index (χ0n) is 11.6. The Kier molecular flexibility index (Phi) is 5.57. The van der Waals surface area contributed by atoms with Gasteiger partial charge in [-0.15, -0.1) is 0 Å². The van der Waals surface area contributed by atoms with Crippen LogP contribution >= 0.6 is 0 Å². The molecule has 110 valence electrons. The summed E-state index contributed by atoms with van der Waals surface area (Å²) in [6.45, 7) is 4.17. The SMILES string of the molecule is COCC(NC(=O)c1ccc([N+](=O)[O-])c(F)c1)C(C)C. The van der Waals surface area contributed by atoms with Crippen LogP contribution in [0.2, 0.25) is 0 Å². The average Bonchev–Trinajstić information content (AvgIpc) is 2.37. The van der Waals surface area contributed by atoms with Crippen molar-refractivity contribution in [2.75, 3.05) is 13.7 Å². The summed E-state index contributed by atoms with van der Waals surface area (Å²) in [5.41, 5.74) is -0.617. The van der Waals surface area contributed by atoms with Gasteiger partial charge in [-0.05, 0) is 18.1 Å². The standard InChI is InChI=1S/C13H17FN2O4/c1-8(2)11(7-20-3)15-13(17)9-4-5-12(16(18)19)10(14)6-9/h4-6,8,11H,7H2,1-3H3,(H,15,17). The monoisotopic (exact) mass is 284 g/mol. The fourth-order valence-electron chi connectivity index (χ4n) is 1.63. The molecule has 0 aliphatic heterocycles. The van der Waals surface area contributed by atoms with E-state index in [9.17, 15) is 19.3 Å². The van der Waals surface area contributed by atoms with Gasteiger partial charge in [-0.1, -0.05) is 13.8 Å². The van der Waals surface area contributed by atoms with Crippen LogP contribution in [0.15, 0.2) is 18.2 Å². The number of carbonyl (C=O) groups excluding carboxylic acids is 1. The van der Waals surface area contributed by atoms with E-state index in [0.717, 1.165) is 12.1 Å². The number of nitrogens with one attached hydrogen (secondary N) is 1. The van der Waals surface area contributed by atoms with Crippen LogP contribution in [0.3, 0.4) is 0 Å². The van der Waals surface area contributed by atoms with Gasteiger partial charge in [0.2, 0.25) is 5.82 Å². The lowest BCUT2D eigenvalue weighted by atomic mass is 10.0. The minimum Gasteiger partial charge on any atom is -0.383 e. The summed E-state index contributed by atoms with van der Waals surface area (Å²) in [5, 5.41) is 13.2. The van der Waals surface area contributed by atoms with E-state index in [0.29, 0.717) is 6.61 Å². The van der Waals surface area contributed by atoms with Crippen molar-refractivity contribution in [1.29, 1.82) is 0 Å². The average molecular weight is 284 g/mol. The zero-order valence-corrected chi connectivity index (χ0v) is 11.6. The van der Waals surface area contributed by atoms with Gasteiger partial charge in [-0.25, -0.2) is 0 Å². The normalized spacial score (nSPS) is 12.2. The zero-order chi connectivity index (χ0) is 15.3. The maximum absolute atomic E-state index is 13.5. The second kappa shape index (κ2) is 6.95. The Hall–Kier alpha value is -2.02. The first kappa shape index (κ1) is 16.0. The Balaban J connectivity index is 2.87. The molecular weight excluding hydrogens is 267 g/mol. The lowest BCUT2D eigenvalue weighted by Crippen LogP contribution is -2.41. The van der Waals surface area contributed by atoms with Crippen molar-refractivity contribution in [2.45, 2.75) is 19.9 Å². The second-order valence-corrected chi connectivity index (χ2v) is 4.70. The van der Waals surface area contributed by atoms with Gasteiger partial charge in [-0.3, -0.25) is 14.9 Å². The van der Waals surface area contributed by atoms with Gasteiger partial charge in [0.15, 0.2) is 0 Å². The molecule has 1 atom stereocenters. The predicted molar refractivity (Wildman–Crippen MR) is 71.0 cm³/mol. The van der Waals surface area contributed by atoms with Gasteiger partial charge < -0.3 is 10.1 Å². The van der Waals surface area contributed by atoms with Crippen LogP contribution in [0.1, 0.15) is 24.2 Å². The lowest BCUT2D eigenvalue weighted by Gasteiger charge is -2.21. The first-order chi connectivity index (χ1) is 9.36. The summed E-state index contributed by atoms with van der Waals surface area (Å²) in [4.78, 5) is 21.6. The smallest absolute Gasteiger partial charge is 0.304 e. The molecule has 1 rings (SSSR count). The Morgan fingerprint density at radius 3 is 2.60 bits per heavy atom. The largest absolute Gasteiger partial charge is 0.383 e. The number of benzene rings is 1. The summed E-state index contributed by atoms with van der Waals surface area (Å²) in [6.07, 6.45) is 0. The number of nitro benzene ring substituents is 1. The van der Waals surface area contributed by atoms with Crippen LogP contribution < -0.4 is 5.32 Å². The maximum atomic E-state index is 13.5. The summed E-state index contributed by atoms with van der Waals surface area (Å²) in [7, 11) is 1.52. The molecule has 0 radical (unpaired) electrons. The molecule has 0 bridgehead atoms. The number of ether oxygens (including phenoxy) is 1. The molecular formula is C13H17FN2O4. The molecule has 0 aliphatic rings.